The summed E-state index contributed by atoms with van der Waals surface area (Å²) < 4.78 is 34.7. The van der Waals surface area contributed by atoms with Gasteiger partial charge in [0.05, 0.1) is 0 Å². The quantitative estimate of drug-likeness (QED) is 0.254. The Morgan fingerprint density at radius 2 is 2.00 bits per heavy atom. The van der Waals surface area contributed by atoms with Gasteiger partial charge in [0, 0.05) is 5.92 Å². The van der Waals surface area contributed by atoms with Gasteiger partial charge in [0.2, 0.25) is 0 Å². The molecule has 2 rings (SSSR count). The lowest BCUT2D eigenvalue weighted by Crippen LogP contribution is -2.15. The Labute approximate surface area is 158 Å². The number of hydrogen-bond acceptors (Lipinski definition) is 5. The van der Waals surface area contributed by atoms with Gasteiger partial charge in [0.1, 0.15) is 24.0 Å². The fraction of sp³-hybridized carbons (Fsp3) is 0.200. The molecule has 1 N–H and O–H groups in total. The van der Waals surface area contributed by atoms with E-state index in [0.717, 1.165) is 17.6 Å². The molecule has 1 aliphatic carbocycles. The van der Waals surface area contributed by atoms with Gasteiger partial charge in [0.15, 0.2) is 0 Å². The zero-order chi connectivity index (χ0) is 19.7. The minimum absolute atomic E-state index is 0.101. The summed E-state index contributed by atoms with van der Waals surface area (Å²) >= 11 is 0. The summed E-state index contributed by atoms with van der Waals surface area (Å²) in [6.07, 6.45) is 11.9. The van der Waals surface area contributed by atoms with E-state index in [9.17, 15) is 18.5 Å². The molecule has 0 saturated carbocycles. The van der Waals surface area contributed by atoms with E-state index in [1.165, 1.54) is 6.08 Å². The van der Waals surface area contributed by atoms with Crippen molar-refractivity contribution in [2.24, 2.45) is 5.92 Å². The number of benzene rings is 1. The molecule has 0 saturated heterocycles. The number of hydrogen-bond donors (Lipinski definition) is 1. The van der Waals surface area contributed by atoms with Crippen LogP contribution in [-0.2, 0) is 19.6 Å². The topological polar surface area (TPSA) is 104 Å². The zero-order valence-electron chi connectivity index (χ0n) is 14.5. The van der Waals surface area contributed by atoms with Crippen molar-refractivity contribution in [1.82, 2.24) is 0 Å². The lowest BCUT2D eigenvalue weighted by molar-refractivity contribution is -0.137. The van der Waals surface area contributed by atoms with Crippen molar-refractivity contribution in [3.05, 3.63) is 77.9 Å². The molecule has 27 heavy (non-hydrogen) atoms. The molecule has 6 nitrogen and oxygen atoms in total. The zero-order valence-corrected chi connectivity index (χ0v) is 15.3. The van der Waals surface area contributed by atoms with Gasteiger partial charge in [-0.1, -0.05) is 60.7 Å². The molecule has 1 aromatic carbocycles. The van der Waals surface area contributed by atoms with Gasteiger partial charge in [-0.2, -0.15) is 13.7 Å². The van der Waals surface area contributed by atoms with Gasteiger partial charge < -0.3 is 4.74 Å². The number of nitrogens with zero attached hydrogens (tertiary/aromatic N) is 1. The third kappa shape index (κ3) is 6.70. The van der Waals surface area contributed by atoms with Crippen LogP contribution in [0.5, 0.6) is 0 Å². The fourth-order valence-electron chi connectivity index (χ4n) is 2.52. The van der Waals surface area contributed by atoms with Gasteiger partial charge in [-0.15, -0.1) is 0 Å². The standard InChI is InChI=1S/C20H19NO5S/c21-15-18(20(22)26-13-14-27(23,24)25)11-12-19(16-7-3-1-4-8-16)17-9-5-2-6-10-17/h1-9,11-12,17H,10,13-14H2,(H,23,24,25)/b18-11+,19-12+. The van der Waals surface area contributed by atoms with Crippen molar-refractivity contribution in [2.75, 3.05) is 12.4 Å². The average molecular weight is 385 g/mol. The summed E-state index contributed by atoms with van der Waals surface area (Å²) in [6.45, 7) is -0.526. The second-order valence-electron chi connectivity index (χ2n) is 5.76. The Morgan fingerprint density at radius 1 is 1.26 bits per heavy atom. The molecule has 0 bridgehead atoms. The van der Waals surface area contributed by atoms with Crippen LogP contribution in [0.15, 0.2) is 72.4 Å². The molecule has 0 amide bonds. The summed E-state index contributed by atoms with van der Waals surface area (Å²) in [7, 11) is -4.23. The van der Waals surface area contributed by atoms with Gasteiger partial charge in [-0.3, -0.25) is 4.55 Å². The molecular weight excluding hydrogens is 366 g/mol. The first kappa shape index (κ1) is 20.4. The number of allylic oxidation sites excluding steroid dienone is 7. The van der Waals surface area contributed by atoms with Crippen molar-refractivity contribution in [3.8, 4) is 6.07 Å². The molecule has 1 atom stereocenters. The van der Waals surface area contributed by atoms with Gasteiger partial charge in [0.25, 0.3) is 10.1 Å². The van der Waals surface area contributed by atoms with Crippen LogP contribution >= 0.6 is 0 Å². The van der Waals surface area contributed by atoms with Gasteiger partial charge in [-0.25, -0.2) is 4.79 Å². The Morgan fingerprint density at radius 3 is 2.59 bits per heavy atom. The fourth-order valence-corrected chi connectivity index (χ4v) is 2.81. The molecule has 1 unspecified atom stereocenters. The molecular formula is C20H19NO5S. The monoisotopic (exact) mass is 385 g/mol. The van der Waals surface area contributed by atoms with E-state index < -0.39 is 28.4 Å². The van der Waals surface area contributed by atoms with E-state index in [4.69, 9.17) is 9.29 Å². The van der Waals surface area contributed by atoms with Gasteiger partial charge in [-0.05, 0) is 23.6 Å². The third-order valence-electron chi connectivity index (χ3n) is 3.83. The first-order valence-corrected chi connectivity index (χ1v) is 9.84. The minimum Gasteiger partial charge on any atom is -0.460 e. The highest BCUT2D eigenvalue weighted by Crippen LogP contribution is 2.29. The summed E-state index contributed by atoms with van der Waals surface area (Å²) in [5, 5.41) is 9.21. The predicted octanol–water partition coefficient (Wildman–Crippen LogP) is 3.08. The summed E-state index contributed by atoms with van der Waals surface area (Å²) in [4.78, 5) is 11.9. The highest BCUT2D eigenvalue weighted by molar-refractivity contribution is 7.85. The predicted molar refractivity (Wildman–Crippen MR) is 102 cm³/mol. The molecule has 0 fully saturated rings. The number of carbonyl (C=O) groups is 1. The van der Waals surface area contributed by atoms with Crippen LogP contribution in [0.4, 0.5) is 0 Å². The van der Waals surface area contributed by atoms with E-state index in [1.54, 1.807) is 12.1 Å². The van der Waals surface area contributed by atoms with Crippen LogP contribution in [0, 0.1) is 17.2 Å². The molecule has 0 spiro atoms. The second-order valence-corrected chi connectivity index (χ2v) is 7.33. The van der Waals surface area contributed by atoms with Crippen LogP contribution in [0.25, 0.3) is 5.57 Å². The first-order chi connectivity index (χ1) is 12.9. The molecule has 1 aliphatic rings. The van der Waals surface area contributed by atoms with Crippen molar-refractivity contribution < 1.29 is 22.5 Å². The van der Waals surface area contributed by atoms with Crippen LogP contribution < -0.4 is 0 Å². The summed E-state index contributed by atoms with van der Waals surface area (Å²) in [6, 6.07) is 11.4. The molecule has 0 radical (unpaired) electrons. The molecule has 0 heterocycles. The SMILES string of the molecule is N#C/C(=C\C=C(/c1ccccc1)C1C=CC=CC1)C(=O)OCCS(=O)(=O)O. The Bertz CT molecular complexity index is 934. The summed E-state index contributed by atoms with van der Waals surface area (Å²) in [5.74, 6) is -1.56. The van der Waals surface area contributed by atoms with Gasteiger partial charge >= 0.3 is 5.97 Å². The average Bonchev–Trinajstić information content (AvgIpc) is 2.65. The molecule has 7 heteroatoms. The molecule has 1 aromatic rings. The van der Waals surface area contributed by atoms with E-state index in [2.05, 4.69) is 0 Å². The normalized spacial score (nSPS) is 17.4. The molecule has 0 aliphatic heterocycles. The first-order valence-electron chi connectivity index (χ1n) is 8.23. The number of nitriles is 1. The van der Waals surface area contributed by atoms with E-state index in [1.807, 2.05) is 54.6 Å². The Hall–Kier alpha value is -2.95. The molecule has 140 valence electrons. The third-order valence-corrected chi connectivity index (χ3v) is 4.51. The van der Waals surface area contributed by atoms with Crippen LogP contribution in [0.2, 0.25) is 0 Å². The van der Waals surface area contributed by atoms with Crippen molar-refractivity contribution in [2.45, 2.75) is 6.42 Å². The van der Waals surface area contributed by atoms with Crippen molar-refractivity contribution in [3.63, 3.8) is 0 Å². The van der Waals surface area contributed by atoms with E-state index in [-0.39, 0.29) is 11.5 Å². The Kier molecular flexibility index (Phi) is 7.29. The van der Waals surface area contributed by atoms with Crippen molar-refractivity contribution in [1.29, 1.82) is 5.26 Å². The highest BCUT2D eigenvalue weighted by atomic mass is 32.2. The molecule has 0 aromatic heterocycles. The number of carbonyl (C=O) groups excluding carboxylic acids is 1. The number of esters is 1. The summed E-state index contributed by atoms with van der Waals surface area (Å²) in [5.41, 5.74) is 1.65. The maximum Gasteiger partial charge on any atom is 0.348 e. The smallest absolute Gasteiger partial charge is 0.348 e. The van der Waals surface area contributed by atoms with E-state index >= 15 is 0 Å². The lowest BCUT2D eigenvalue weighted by atomic mass is 9.87. The number of rotatable bonds is 7. The van der Waals surface area contributed by atoms with Crippen LogP contribution in [0.1, 0.15) is 12.0 Å². The largest absolute Gasteiger partial charge is 0.460 e. The number of ether oxygens (including phenoxy) is 1. The van der Waals surface area contributed by atoms with Crippen LogP contribution in [-0.4, -0.2) is 31.3 Å². The van der Waals surface area contributed by atoms with Crippen LogP contribution in [0.3, 0.4) is 0 Å². The second kappa shape index (κ2) is 9.67. The van der Waals surface area contributed by atoms with Crippen molar-refractivity contribution >= 4 is 21.7 Å². The maximum absolute atomic E-state index is 11.9. The van der Waals surface area contributed by atoms with E-state index in [0.29, 0.717) is 0 Å². The lowest BCUT2D eigenvalue weighted by Gasteiger charge is -2.17. The highest BCUT2D eigenvalue weighted by Gasteiger charge is 2.15. The maximum atomic E-state index is 11.9. The minimum atomic E-state index is -4.23. The Balaban J connectivity index is 2.23.